The molecular weight excluding hydrogens is 280 g/mol. The van der Waals surface area contributed by atoms with E-state index in [1.54, 1.807) is 11.8 Å². The molecule has 0 saturated heterocycles. The molecule has 0 spiro atoms. The molecular formula is C17H18N2OS. The number of carbonyl (C=O) groups excluding carboxylic acids is 1. The number of amides is 1. The van der Waals surface area contributed by atoms with Crippen LogP contribution < -0.4 is 10.6 Å². The molecule has 2 N–H and O–H groups in total. The molecule has 1 amide bonds. The summed E-state index contributed by atoms with van der Waals surface area (Å²) in [7, 11) is 0. The molecule has 1 unspecified atom stereocenters. The van der Waals surface area contributed by atoms with Crippen LogP contribution in [-0.4, -0.2) is 11.7 Å². The van der Waals surface area contributed by atoms with Gasteiger partial charge in [0.2, 0.25) is 5.91 Å². The molecule has 2 aromatic rings. The molecule has 1 heterocycles. The van der Waals surface area contributed by atoms with Gasteiger partial charge in [0, 0.05) is 16.6 Å². The first-order valence-corrected chi connectivity index (χ1v) is 8.00. The molecule has 0 aliphatic carbocycles. The largest absolute Gasteiger partial charge is 0.378 e. The Morgan fingerprint density at radius 1 is 1.24 bits per heavy atom. The van der Waals surface area contributed by atoms with E-state index in [0.717, 1.165) is 16.3 Å². The Hall–Kier alpha value is -1.94. The van der Waals surface area contributed by atoms with Crippen LogP contribution >= 0.6 is 11.8 Å². The minimum atomic E-state index is 0.0661. The van der Waals surface area contributed by atoms with Crippen molar-refractivity contribution in [2.45, 2.75) is 24.8 Å². The summed E-state index contributed by atoms with van der Waals surface area (Å²) >= 11 is 1.58. The Balaban J connectivity index is 1.79. The maximum atomic E-state index is 11.5. The number of nitrogens with one attached hydrogen (secondary N) is 2. The SMILES string of the molecule is Cc1cccc(C(C)Nc2ccc3c(c2)NC(=O)CS3)c1. The van der Waals surface area contributed by atoms with Crippen LogP contribution in [0.15, 0.2) is 47.4 Å². The van der Waals surface area contributed by atoms with Gasteiger partial charge in [0.25, 0.3) is 0 Å². The predicted octanol–water partition coefficient (Wildman–Crippen LogP) is 4.21. The van der Waals surface area contributed by atoms with Crippen molar-refractivity contribution in [1.29, 1.82) is 0 Å². The second kappa shape index (κ2) is 5.82. The van der Waals surface area contributed by atoms with Gasteiger partial charge < -0.3 is 10.6 Å². The minimum Gasteiger partial charge on any atom is -0.378 e. The summed E-state index contributed by atoms with van der Waals surface area (Å²) in [6.45, 7) is 4.24. The summed E-state index contributed by atoms with van der Waals surface area (Å²) in [5, 5.41) is 6.41. The lowest BCUT2D eigenvalue weighted by Gasteiger charge is -2.20. The first-order valence-electron chi connectivity index (χ1n) is 7.01. The van der Waals surface area contributed by atoms with Crippen LogP contribution in [0.2, 0.25) is 0 Å². The van der Waals surface area contributed by atoms with E-state index in [-0.39, 0.29) is 11.9 Å². The van der Waals surface area contributed by atoms with Gasteiger partial charge in [-0.15, -0.1) is 11.8 Å². The molecule has 21 heavy (non-hydrogen) atoms. The van der Waals surface area contributed by atoms with E-state index in [4.69, 9.17) is 0 Å². The Bertz CT molecular complexity index is 684. The monoisotopic (exact) mass is 298 g/mol. The van der Waals surface area contributed by atoms with Crippen LogP contribution in [0.3, 0.4) is 0 Å². The van der Waals surface area contributed by atoms with Gasteiger partial charge in [-0.2, -0.15) is 0 Å². The van der Waals surface area contributed by atoms with Gasteiger partial charge in [-0.05, 0) is 37.6 Å². The first-order chi connectivity index (χ1) is 10.1. The highest BCUT2D eigenvalue weighted by atomic mass is 32.2. The van der Waals surface area contributed by atoms with Crippen molar-refractivity contribution in [3.8, 4) is 0 Å². The average molecular weight is 298 g/mol. The number of hydrogen-bond acceptors (Lipinski definition) is 3. The number of anilines is 2. The Labute approximate surface area is 129 Å². The molecule has 4 heteroatoms. The van der Waals surface area contributed by atoms with Crippen LogP contribution in [0.4, 0.5) is 11.4 Å². The number of fused-ring (bicyclic) bond motifs is 1. The van der Waals surface area contributed by atoms with Gasteiger partial charge in [-0.1, -0.05) is 29.8 Å². The smallest absolute Gasteiger partial charge is 0.234 e. The number of thioether (sulfide) groups is 1. The Morgan fingerprint density at radius 3 is 2.90 bits per heavy atom. The van der Waals surface area contributed by atoms with E-state index in [9.17, 15) is 4.79 Å². The number of hydrogen-bond donors (Lipinski definition) is 2. The Kier molecular flexibility index (Phi) is 3.88. The van der Waals surface area contributed by atoms with Crippen molar-refractivity contribution in [3.05, 3.63) is 53.6 Å². The molecule has 1 atom stereocenters. The predicted molar refractivity (Wildman–Crippen MR) is 89.0 cm³/mol. The summed E-state index contributed by atoms with van der Waals surface area (Å²) in [6.07, 6.45) is 0. The van der Waals surface area contributed by atoms with Crippen molar-refractivity contribution in [2.24, 2.45) is 0 Å². The lowest BCUT2D eigenvalue weighted by atomic mass is 10.1. The fourth-order valence-electron chi connectivity index (χ4n) is 2.45. The van der Waals surface area contributed by atoms with Gasteiger partial charge in [-0.3, -0.25) is 4.79 Å². The minimum absolute atomic E-state index is 0.0661. The molecule has 0 saturated carbocycles. The van der Waals surface area contributed by atoms with Crippen molar-refractivity contribution in [2.75, 3.05) is 16.4 Å². The quantitative estimate of drug-likeness (QED) is 0.891. The summed E-state index contributed by atoms with van der Waals surface area (Å²) in [4.78, 5) is 12.6. The number of carbonyl (C=O) groups is 1. The normalized spacial score (nSPS) is 15.0. The van der Waals surface area contributed by atoms with Crippen LogP contribution in [0.25, 0.3) is 0 Å². The molecule has 1 aliphatic heterocycles. The summed E-state index contributed by atoms with van der Waals surface area (Å²) in [5.41, 5.74) is 4.43. The first kappa shape index (κ1) is 14.0. The molecule has 3 rings (SSSR count). The molecule has 0 fully saturated rings. The Morgan fingerprint density at radius 2 is 2.10 bits per heavy atom. The third kappa shape index (κ3) is 3.22. The van der Waals surface area contributed by atoms with Crippen LogP contribution in [0, 0.1) is 6.92 Å². The lowest BCUT2D eigenvalue weighted by Crippen LogP contribution is -2.18. The zero-order chi connectivity index (χ0) is 14.8. The molecule has 0 bridgehead atoms. The van der Waals surface area contributed by atoms with Gasteiger partial charge in [0.15, 0.2) is 0 Å². The fraction of sp³-hybridized carbons (Fsp3) is 0.235. The summed E-state index contributed by atoms with van der Waals surface area (Å²) in [5.74, 6) is 0.566. The molecule has 3 nitrogen and oxygen atoms in total. The van der Waals surface area contributed by atoms with Crippen molar-refractivity contribution in [3.63, 3.8) is 0 Å². The molecule has 0 radical (unpaired) electrons. The number of benzene rings is 2. The van der Waals surface area contributed by atoms with Crippen molar-refractivity contribution >= 4 is 29.0 Å². The second-order valence-corrected chi connectivity index (χ2v) is 6.35. The van der Waals surface area contributed by atoms with E-state index in [1.165, 1.54) is 11.1 Å². The highest BCUT2D eigenvalue weighted by Gasteiger charge is 2.16. The highest BCUT2D eigenvalue weighted by molar-refractivity contribution is 8.00. The third-order valence-electron chi connectivity index (χ3n) is 3.54. The standard InChI is InChI=1S/C17H18N2OS/c1-11-4-3-5-13(8-11)12(2)18-14-6-7-16-15(9-14)19-17(20)10-21-16/h3-9,12,18H,10H2,1-2H3,(H,19,20). The van der Waals surface area contributed by atoms with Gasteiger partial charge in [0.1, 0.15) is 0 Å². The van der Waals surface area contributed by atoms with Gasteiger partial charge >= 0.3 is 0 Å². The van der Waals surface area contributed by atoms with Gasteiger partial charge in [-0.25, -0.2) is 0 Å². The molecule has 0 aromatic heterocycles. The van der Waals surface area contributed by atoms with Crippen LogP contribution in [-0.2, 0) is 4.79 Å². The zero-order valence-electron chi connectivity index (χ0n) is 12.1. The van der Waals surface area contributed by atoms with E-state index < -0.39 is 0 Å². The maximum absolute atomic E-state index is 11.5. The maximum Gasteiger partial charge on any atom is 0.234 e. The summed E-state index contributed by atoms with van der Waals surface area (Å²) in [6, 6.07) is 14.8. The molecule has 108 valence electrons. The zero-order valence-corrected chi connectivity index (χ0v) is 13.0. The molecule has 1 aliphatic rings. The topological polar surface area (TPSA) is 41.1 Å². The second-order valence-electron chi connectivity index (χ2n) is 5.33. The molecule has 2 aromatic carbocycles. The highest BCUT2D eigenvalue weighted by Crippen LogP contribution is 2.34. The average Bonchev–Trinajstić information content (AvgIpc) is 2.46. The van der Waals surface area contributed by atoms with E-state index in [0.29, 0.717) is 5.75 Å². The van der Waals surface area contributed by atoms with E-state index in [2.05, 4.69) is 60.9 Å². The number of aryl methyl sites for hydroxylation is 1. The number of rotatable bonds is 3. The van der Waals surface area contributed by atoms with Crippen molar-refractivity contribution in [1.82, 2.24) is 0 Å². The lowest BCUT2D eigenvalue weighted by molar-refractivity contribution is -0.113. The third-order valence-corrected chi connectivity index (χ3v) is 4.61. The van der Waals surface area contributed by atoms with Crippen molar-refractivity contribution < 1.29 is 4.79 Å². The summed E-state index contributed by atoms with van der Waals surface area (Å²) < 4.78 is 0. The van der Waals surface area contributed by atoms with Crippen LogP contribution in [0.1, 0.15) is 24.1 Å². The van der Waals surface area contributed by atoms with E-state index in [1.807, 2.05) is 6.07 Å². The van der Waals surface area contributed by atoms with Gasteiger partial charge in [0.05, 0.1) is 11.4 Å². The van der Waals surface area contributed by atoms with Crippen LogP contribution in [0.5, 0.6) is 0 Å². The fourth-order valence-corrected chi connectivity index (χ4v) is 3.23. The van der Waals surface area contributed by atoms with E-state index >= 15 is 0 Å².